The SMILES string of the molecule is COCCC(NC(=O)[C@@H](CC(C)C)NC(=O)OCC1c2ccccc2-c2ccccc21)C(=O)O. The maximum absolute atomic E-state index is 12.8. The Morgan fingerprint density at radius 1 is 0.941 bits per heavy atom. The van der Waals surface area contributed by atoms with Crippen LogP contribution in [0.25, 0.3) is 11.1 Å². The minimum Gasteiger partial charge on any atom is -0.480 e. The van der Waals surface area contributed by atoms with Crippen molar-refractivity contribution in [1.82, 2.24) is 10.6 Å². The van der Waals surface area contributed by atoms with E-state index in [1.807, 2.05) is 50.2 Å². The number of carboxylic acid groups (broad SMARTS) is 1. The molecule has 0 saturated heterocycles. The van der Waals surface area contributed by atoms with Gasteiger partial charge in [-0.3, -0.25) is 4.79 Å². The second kappa shape index (κ2) is 11.7. The van der Waals surface area contributed by atoms with Crippen molar-refractivity contribution in [3.05, 3.63) is 59.7 Å². The molecule has 34 heavy (non-hydrogen) atoms. The molecular formula is C26H32N2O6. The second-order valence-electron chi connectivity index (χ2n) is 8.83. The quantitative estimate of drug-likeness (QED) is 0.465. The zero-order valence-electron chi connectivity index (χ0n) is 19.7. The highest BCUT2D eigenvalue weighted by molar-refractivity contribution is 5.89. The smallest absolute Gasteiger partial charge is 0.407 e. The zero-order valence-corrected chi connectivity index (χ0v) is 19.7. The first kappa shape index (κ1) is 25.2. The third kappa shape index (κ3) is 6.14. The number of amides is 2. The predicted octanol–water partition coefficient (Wildman–Crippen LogP) is 3.55. The van der Waals surface area contributed by atoms with E-state index in [0.29, 0.717) is 6.42 Å². The van der Waals surface area contributed by atoms with Gasteiger partial charge in [0.15, 0.2) is 0 Å². The summed E-state index contributed by atoms with van der Waals surface area (Å²) in [6.07, 6.45) is -0.254. The van der Waals surface area contributed by atoms with Gasteiger partial charge in [0.2, 0.25) is 5.91 Å². The van der Waals surface area contributed by atoms with Crippen LogP contribution < -0.4 is 10.6 Å². The van der Waals surface area contributed by atoms with Crippen LogP contribution in [0.4, 0.5) is 4.79 Å². The summed E-state index contributed by atoms with van der Waals surface area (Å²) in [4.78, 5) is 36.9. The van der Waals surface area contributed by atoms with Crippen LogP contribution in [0.1, 0.15) is 43.7 Å². The molecule has 0 fully saturated rings. The molecule has 0 aromatic heterocycles. The van der Waals surface area contributed by atoms with Crippen molar-refractivity contribution in [2.45, 2.75) is 44.7 Å². The number of aliphatic carboxylic acids is 1. The number of nitrogens with one attached hydrogen (secondary N) is 2. The minimum absolute atomic E-state index is 0.0897. The number of carboxylic acids is 1. The van der Waals surface area contributed by atoms with E-state index < -0.39 is 30.1 Å². The zero-order chi connectivity index (χ0) is 24.7. The Bertz CT molecular complexity index is 976. The molecule has 8 nitrogen and oxygen atoms in total. The Balaban J connectivity index is 1.65. The van der Waals surface area contributed by atoms with Gasteiger partial charge in [-0.15, -0.1) is 0 Å². The van der Waals surface area contributed by atoms with Gasteiger partial charge in [0.05, 0.1) is 0 Å². The summed E-state index contributed by atoms with van der Waals surface area (Å²) >= 11 is 0. The summed E-state index contributed by atoms with van der Waals surface area (Å²) in [5.74, 6) is -1.73. The van der Waals surface area contributed by atoms with Crippen LogP contribution >= 0.6 is 0 Å². The topological polar surface area (TPSA) is 114 Å². The molecule has 3 N–H and O–H groups in total. The Kier molecular flexibility index (Phi) is 8.65. The average molecular weight is 469 g/mol. The Hall–Kier alpha value is -3.39. The third-order valence-electron chi connectivity index (χ3n) is 5.88. The lowest BCUT2D eigenvalue weighted by Crippen LogP contribution is -2.52. The summed E-state index contributed by atoms with van der Waals surface area (Å²) in [6, 6.07) is 14.0. The molecule has 0 heterocycles. The second-order valence-corrected chi connectivity index (χ2v) is 8.83. The molecule has 0 spiro atoms. The third-order valence-corrected chi connectivity index (χ3v) is 5.88. The Morgan fingerprint density at radius 3 is 2.06 bits per heavy atom. The van der Waals surface area contributed by atoms with Gasteiger partial charge in [0.1, 0.15) is 18.7 Å². The lowest BCUT2D eigenvalue weighted by Gasteiger charge is -2.23. The van der Waals surface area contributed by atoms with E-state index in [1.165, 1.54) is 7.11 Å². The molecular weight excluding hydrogens is 436 g/mol. The maximum atomic E-state index is 12.8. The number of benzene rings is 2. The van der Waals surface area contributed by atoms with Crippen molar-refractivity contribution in [1.29, 1.82) is 0 Å². The summed E-state index contributed by atoms with van der Waals surface area (Å²) in [6.45, 7) is 4.14. The molecule has 1 aliphatic rings. The molecule has 8 heteroatoms. The fourth-order valence-electron chi connectivity index (χ4n) is 4.25. The molecule has 2 aromatic carbocycles. The van der Waals surface area contributed by atoms with Crippen molar-refractivity contribution in [3.63, 3.8) is 0 Å². The number of hydrogen-bond acceptors (Lipinski definition) is 5. The highest BCUT2D eigenvalue weighted by Crippen LogP contribution is 2.44. The molecule has 0 saturated carbocycles. The summed E-state index contributed by atoms with van der Waals surface area (Å²) in [5, 5.41) is 14.5. The first-order valence-corrected chi connectivity index (χ1v) is 11.5. The predicted molar refractivity (Wildman–Crippen MR) is 128 cm³/mol. The van der Waals surface area contributed by atoms with Gasteiger partial charge in [-0.2, -0.15) is 0 Å². The van der Waals surface area contributed by atoms with Gasteiger partial charge >= 0.3 is 12.1 Å². The van der Waals surface area contributed by atoms with E-state index in [1.54, 1.807) is 0 Å². The van der Waals surface area contributed by atoms with Gasteiger partial charge < -0.3 is 25.2 Å². The molecule has 1 aliphatic carbocycles. The normalized spacial score (nSPS) is 14.1. The van der Waals surface area contributed by atoms with E-state index in [-0.39, 0.29) is 31.5 Å². The van der Waals surface area contributed by atoms with E-state index >= 15 is 0 Å². The maximum Gasteiger partial charge on any atom is 0.407 e. The number of alkyl carbamates (subject to hydrolysis) is 1. The number of rotatable bonds is 11. The van der Waals surface area contributed by atoms with Crippen LogP contribution in [0.5, 0.6) is 0 Å². The lowest BCUT2D eigenvalue weighted by molar-refractivity contribution is -0.142. The molecule has 2 atom stereocenters. The highest BCUT2D eigenvalue weighted by atomic mass is 16.5. The van der Waals surface area contributed by atoms with Crippen LogP contribution in [0, 0.1) is 5.92 Å². The summed E-state index contributed by atoms with van der Waals surface area (Å²) < 4.78 is 10.5. The van der Waals surface area contributed by atoms with Crippen molar-refractivity contribution in [3.8, 4) is 11.1 Å². The van der Waals surface area contributed by atoms with Gasteiger partial charge in [-0.05, 0) is 34.6 Å². The number of fused-ring (bicyclic) bond motifs is 3. The largest absolute Gasteiger partial charge is 0.480 e. The molecule has 2 amide bonds. The van der Waals surface area contributed by atoms with E-state index in [2.05, 4.69) is 22.8 Å². The number of carbonyl (C=O) groups excluding carboxylic acids is 2. The van der Waals surface area contributed by atoms with E-state index in [4.69, 9.17) is 9.47 Å². The molecule has 0 radical (unpaired) electrons. The van der Waals surface area contributed by atoms with Crippen LogP contribution in [-0.2, 0) is 19.1 Å². The number of hydrogen-bond donors (Lipinski definition) is 3. The molecule has 0 aliphatic heterocycles. The Morgan fingerprint density at radius 2 is 1.53 bits per heavy atom. The number of methoxy groups -OCH3 is 1. The monoisotopic (exact) mass is 468 g/mol. The summed E-state index contributed by atoms with van der Waals surface area (Å²) in [5.41, 5.74) is 4.44. The number of ether oxygens (including phenoxy) is 2. The van der Waals surface area contributed by atoms with Gasteiger partial charge in [0, 0.05) is 26.1 Å². The minimum atomic E-state index is -1.16. The highest BCUT2D eigenvalue weighted by Gasteiger charge is 2.31. The Labute approximate surface area is 199 Å². The fraction of sp³-hybridized carbons (Fsp3) is 0.423. The molecule has 2 aromatic rings. The van der Waals surface area contributed by atoms with E-state index in [9.17, 15) is 19.5 Å². The lowest BCUT2D eigenvalue weighted by atomic mass is 9.98. The van der Waals surface area contributed by atoms with Crippen LogP contribution in [0.2, 0.25) is 0 Å². The average Bonchev–Trinajstić information content (AvgIpc) is 3.13. The van der Waals surface area contributed by atoms with Crippen molar-refractivity contribution < 1.29 is 29.0 Å². The van der Waals surface area contributed by atoms with Crippen LogP contribution in [-0.4, -0.2) is 55.5 Å². The van der Waals surface area contributed by atoms with Crippen molar-refractivity contribution >= 4 is 18.0 Å². The fourth-order valence-corrected chi connectivity index (χ4v) is 4.25. The van der Waals surface area contributed by atoms with Crippen LogP contribution in [0.15, 0.2) is 48.5 Å². The number of carbonyl (C=O) groups is 3. The van der Waals surface area contributed by atoms with Gasteiger partial charge in [0.25, 0.3) is 0 Å². The first-order chi connectivity index (χ1) is 16.3. The van der Waals surface area contributed by atoms with Gasteiger partial charge in [-0.1, -0.05) is 62.4 Å². The van der Waals surface area contributed by atoms with Gasteiger partial charge in [-0.25, -0.2) is 9.59 Å². The molecule has 182 valence electrons. The van der Waals surface area contributed by atoms with Crippen molar-refractivity contribution in [2.24, 2.45) is 5.92 Å². The molecule has 0 bridgehead atoms. The van der Waals surface area contributed by atoms with Crippen LogP contribution in [0.3, 0.4) is 0 Å². The molecule has 1 unspecified atom stereocenters. The molecule has 3 rings (SSSR count). The first-order valence-electron chi connectivity index (χ1n) is 11.5. The standard InChI is InChI=1S/C26H32N2O6/c1-16(2)14-23(24(29)27-22(25(30)31)12-13-33-3)28-26(32)34-15-21-19-10-6-4-8-17(19)18-9-5-7-11-20(18)21/h4-11,16,21-23H,12-15H2,1-3H3,(H,27,29)(H,28,32)(H,30,31)/t22?,23-/m1/s1. The van der Waals surface area contributed by atoms with E-state index in [0.717, 1.165) is 22.3 Å². The summed E-state index contributed by atoms with van der Waals surface area (Å²) in [7, 11) is 1.46. The van der Waals surface area contributed by atoms with Crippen molar-refractivity contribution in [2.75, 3.05) is 20.3 Å².